The van der Waals surface area contributed by atoms with E-state index in [2.05, 4.69) is 13.0 Å². The van der Waals surface area contributed by atoms with E-state index in [9.17, 15) is 5.11 Å². The lowest BCUT2D eigenvalue weighted by Crippen LogP contribution is -2.04. The van der Waals surface area contributed by atoms with Gasteiger partial charge in [-0.3, -0.25) is 0 Å². The van der Waals surface area contributed by atoms with E-state index in [1.165, 1.54) is 18.4 Å². The zero-order valence-electron chi connectivity index (χ0n) is 10.4. The standard InChI is InChI=1S/C14H23NO/c1-3-5-12(6-4-9-15)13-7-8-14(16)11(2)10-13/h7-8,10,12,16H,3-6,9,15H2,1-2H3. The quantitative estimate of drug-likeness (QED) is 0.774. The third kappa shape index (κ3) is 3.53. The van der Waals surface area contributed by atoms with Crippen molar-refractivity contribution in [1.82, 2.24) is 0 Å². The number of aromatic hydroxyl groups is 1. The summed E-state index contributed by atoms with van der Waals surface area (Å²) < 4.78 is 0. The summed E-state index contributed by atoms with van der Waals surface area (Å²) in [4.78, 5) is 0. The summed E-state index contributed by atoms with van der Waals surface area (Å²) in [6, 6.07) is 5.95. The fraction of sp³-hybridized carbons (Fsp3) is 0.571. The number of benzene rings is 1. The molecule has 0 aliphatic rings. The summed E-state index contributed by atoms with van der Waals surface area (Å²) >= 11 is 0. The van der Waals surface area contributed by atoms with Gasteiger partial charge in [0.15, 0.2) is 0 Å². The van der Waals surface area contributed by atoms with Crippen LogP contribution in [0.3, 0.4) is 0 Å². The molecule has 0 aliphatic heterocycles. The molecule has 0 bridgehead atoms. The minimum atomic E-state index is 0.387. The Morgan fingerprint density at radius 1 is 1.31 bits per heavy atom. The van der Waals surface area contributed by atoms with Crippen molar-refractivity contribution in [3.63, 3.8) is 0 Å². The van der Waals surface area contributed by atoms with Crippen molar-refractivity contribution in [3.05, 3.63) is 29.3 Å². The predicted octanol–water partition coefficient (Wildman–Crippen LogP) is 3.32. The Labute approximate surface area is 98.5 Å². The Morgan fingerprint density at radius 3 is 2.62 bits per heavy atom. The highest BCUT2D eigenvalue weighted by atomic mass is 16.3. The molecule has 1 aromatic carbocycles. The third-order valence-corrected chi connectivity index (χ3v) is 3.09. The van der Waals surface area contributed by atoms with E-state index in [1.807, 2.05) is 13.0 Å². The highest BCUT2D eigenvalue weighted by molar-refractivity contribution is 5.36. The first-order valence-corrected chi connectivity index (χ1v) is 6.18. The maximum absolute atomic E-state index is 9.51. The summed E-state index contributed by atoms with van der Waals surface area (Å²) in [6.07, 6.45) is 4.61. The van der Waals surface area contributed by atoms with Crippen LogP contribution in [-0.2, 0) is 0 Å². The van der Waals surface area contributed by atoms with Crippen molar-refractivity contribution in [1.29, 1.82) is 0 Å². The van der Waals surface area contributed by atoms with Gasteiger partial charge in [0, 0.05) is 0 Å². The summed E-state index contributed by atoms with van der Waals surface area (Å²) in [5.74, 6) is 0.977. The molecule has 0 heterocycles. The van der Waals surface area contributed by atoms with Gasteiger partial charge < -0.3 is 10.8 Å². The van der Waals surface area contributed by atoms with Gasteiger partial charge in [0.05, 0.1) is 0 Å². The first-order valence-electron chi connectivity index (χ1n) is 6.18. The van der Waals surface area contributed by atoms with Gasteiger partial charge >= 0.3 is 0 Å². The third-order valence-electron chi connectivity index (χ3n) is 3.09. The molecule has 1 rings (SSSR count). The largest absolute Gasteiger partial charge is 0.508 e. The molecule has 0 aliphatic carbocycles. The number of rotatable bonds is 6. The Morgan fingerprint density at radius 2 is 2.06 bits per heavy atom. The maximum Gasteiger partial charge on any atom is 0.118 e. The second-order valence-corrected chi connectivity index (χ2v) is 4.46. The monoisotopic (exact) mass is 221 g/mol. The molecule has 16 heavy (non-hydrogen) atoms. The van der Waals surface area contributed by atoms with E-state index in [1.54, 1.807) is 6.07 Å². The molecule has 1 aromatic rings. The van der Waals surface area contributed by atoms with Gasteiger partial charge in [0.1, 0.15) is 5.75 Å². The lowest BCUT2D eigenvalue weighted by Gasteiger charge is -2.17. The minimum absolute atomic E-state index is 0.387. The normalized spacial score (nSPS) is 12.7. The van der Waals surface area contributed by atoms with Crippen molar-refractivity contribution in [3.8, 4) is 5.75 Å². The summed E-state index contributed by atoms with van der Waals surface area (Å²) in [6.45, 7) is 4.92. The van der Waals surface area contributed by atoms with Crippen LogP contribution in [-0.4, -0.2) is 11.7 Å². The minimum Gasteiger partial charge on any atom is -0.508 e. The van der Waals surface area contributed by atoms with Crippen LogP contribution >= 0.6 is 0 Å². The maximum atomic E-state index is 9.51. The van der Waals surface area contributed by atoms with Gasteiger partial charge in [0.2, 0.25) is 0 Å². The summed E-state index contributed by atoms with van der Waals surface area (Å²) in [5.41, 5.74) is 7.87. The Kier molecular flexibility index (Phi) is 5.33. The second kappa shape index (κ2) is 6.54. The number of phenolic OH excluding ortho intramolecular Hbond substituents is 1. The molecule has 0 saturated heterocycles. The smallest absolute Gasteiger partial charge is 0.118 e. The predicted molar refractivity (Wildman–Crippen MR) is 68.8 cm³/mol. The lowest BCUT2D eigenvalue weighted by atomic mass is 9.89. The molecule has 1 unspecified atom stereocenters. The lowest BCUT2D eigenvalue weighted by molar-refractivity contribution is 0.469. The molecule has 0 saturated carbocycles. The molecule has 3 N–H and O–H groups in total. The van der Waals surface area contributed by atoms with Gasteiger partial charge in [-0.05, 0) is 55.8 Å². The summed E-state index contributed by atoms with van der Waals surface area (Å²) in [7, 11) is 0. The zero-order chi connectivity index (χ0) is 12.0. The first-order chi connectivity index (χ1) is 7.69. The molecular weight excluding hydrogens is 198 g/mol. The molecule has 0 fully saturated rings. The zero-order valence-corrected chi connectivity index (χ0v) is 10.4. The summed E-state index contributed by atoms with van der Waals surface area (Å²) in [5, 5.41) is 9.51. The fourth-order valence-corrected chi connectivity index (χ4v) is 2.12. The Bertz CT molecular complexity index is 323. The van der Waals surface area contributed by atoms with E-state index in [0.29, 0.717) is 11.7 Å². The van der Waals surface area contributed by atoms with E-state index < -0.39 is 0 Å². The van der Waals surface area contributed by atoms with E-state index in [4.69, 9.17) is 5.73 Å². The molecule has 0 spiro atoms. The van der Waals surface area contributed by atoms with Crippen molar-refractivity contribution >= 4 is 0 Å². The van der Waals surface area contributed by atoms with E-state index >= 15 is 0 Å². The first kappa shape index (κ1) is 13.0. The van der Waals surface area contributed by atoms with Gasteiger partial charge in [0.25, 0.3) is 0 Å². The SMILES string of the molecule is CCCC(CCCN)c1ccc(O)c(C)c1. The number of nitrogens with two attached hydrogens (primary N) is 1. The highest BCUT2D eigenvalue weighted by Gasteiger charge is 2.11. The van der Waals surface area contributed by atoms with Gasteiger partial charge in [-0.25, -0.2) is 0 Å². The van der Waals surface area contributed by atoms with Crippen LogP contribution in [0.4, 0.5) is 0 Å². The number of hydrogen-bond donors (Lipinski definition) is 2. The molecule has 0 aromatic heterocycles. The molecule has 1 atom stereocenters. The van der Waals surface area contributed by atoms with E-state index in [-0.39, 0.29) is 0 Å². The average Bonchev–Trinajstić information content (AvgIpc) is 2.28. The average molecular weight is 221 g/mol. The van der Waals surface area contributed by atoms with Crippen molar-refractivity contribution in [2.75, 3.05) is 6.54 Å². The van der Waals surface area contributed by atoms with Crippen LogP contribution in [0.5, 0.6) is 5.75 Å². The van der Waals surface area contributed by atoms with Gasteiger partial charge in [-0.1, -0.05) is 25.5 Å². The molecular formula is C14H23NO. The Hall–Kier alpha value is -1.02. The van der Waals surface area contributed by atoms with Crippen molar-refractivity contribution in [2.24, 2.45) is 5.73 Å². The van der Waals surface area contributed by atoms with E-state index in [0.717, 1.165) is 24.9 Å². The molecule has 0 radical (unpaired) electrons. The Balaban J connectivity index is 2.78. The van der Waals surface area contributed by atoms with Gasteiger partial charge in [-0.15, -0.1) is 0 Å². The molecule has 2 heteroatoms. The van der Waals surface area contributed by atoms with Gasteiger partial charge in [-0.2, -0.15) is 0 Å². The molecule has 0 amide bonds. The van der Waals surface area contributed by atoms with Crippen molar-refractivity contribution < 1.29 is 5.11 Å². The topological polar surface area (TPSA) is 46.2 Å². The van der Waals surface area contributed by atoms with Crippen LogP contribution < -0.4 is 5.73 Å². The number of hydrogen-bond acceptors (Lipinski definition) is 2. The number of phenols is 1. The van der Waals surface area contributed by atoms with Crippen LogP contribution in [0.2, 0.25) is 0 Å². The van der Waals surface area contributed by atoms with Crippen LogP contribution in [0.25, 0.3) is 0 Å². The van der Waals surface area contributed by atoms with Crippen LogP contribution in [0, 0.1) is 6.92 Å². The second-order valence-electron chi connectivity index (χ2n) is 4.46. The molecule has 90 valence electrons. The van der Waals surface area contributed by atoms with Crippen LogP contribution in [0.1, 0.15) is 49.7 Å². The van der Waals surface area contributed by atoms with Crippen LogP contribution in [0.15, 0.2) is 18.2 Å². The van der Waals surface area contributed by atoms with Crippen molar-refractivity contribution in [2.45, 2.75) is 45.4 Å². The highest BCUT2D eigenvalue weighted by Crippen LogP contribution is 2.29. The molecule has 2 nitrogen and oxygen atoms in total. The number of aryl methyl sites for hydroxylation is 1. The fourth-order valence-electron chi connectivity index (χ4n) is 2.12.